The molecule has 1 fully saturated rings. The fourth-order valence-corrected chi connectivity index (χ4v) is 4.30. The highest BCUT2D eigenvalue weighted by Crippen LogP contribution is 2.19. The Labute approximate surface area is 204 Å². The lowest BCUT2D eigenvalue weighted by Gasteiger charge is -2.36. The van der Waals surface area contributed by atoms with Crippen molar-refractivity contribution >= 4 is 46.6 Å². The van der Waals surface area contributed by atoms with E-state index in [9.17, 15) is 0 Å². The van der Waals surface area contributed by atoms with E-state index in [1.807, 2.05) is 24.0 Å². The van der Waals surface area contributed by atoms with Gasteiger partial charge in [0.15, 0.2) is 5.96 Å². The molecule has 1 aliphatic rings. The van der Waals surface area contributed by atoms with E-state index in [-0.39, 0.29) is 24.0 Å². The van der Waals surface area contributed by atoms with Gasteiger partial charge in [0.1, 0.15) is 5.82 Å². The van der Waals surface area contributed by atoms with Gasteiger partial charge in [-0.25, -0.2) is 4.98 Å². The maximum atomic E-state index is 4.61. The Morgan fingerprint density at radius 3 is 2.58 bits per heavy atom. The van der Waals surface area contributed by atoms with Crippen molar-refractivity contribution in [2.75, 3.05) is 38.1 Å². The number of hydrogen-bond donors (Lipinski definition) is 1. The first kappa shape index (κ1) is 23.5. The lowest BCUT2D eigenvalue weighted by Crippen LogP contribution is -2.52. The largest absolute Gasteiger partial charge is 0.352 e. The number of anilines is 1. The van der Waals surface area contributed by atoms with Gasteiger partial charge in [0.25, 0.3) is 0 Å². The Balaban J connectivity index is 0.00000272. The van der Waals surface area contributed by atoms with Crippen LogP contribution in [0.3, 0.4) is 0 Å². The fourth-order valence-electron chi connectivity index (χ4n) is 3.49. The molecule has 166 valence electrons. The number of nitrogens with zero attached hydrogens (tertiary/aromatic N) is 7. The fraction of sp³-hybridized carbons (Fsp3) is 0.429. The summed E-state index contributed by atoms with van der Waals surface area (Å²) in [6, 6.07) is 10.4. The molecule has 2 aromatic heterocycles. The van der Waals surface area contributed by atoms with Crippen LogP contribution in [-0.4, -0.2) is 63.2 Å². The third-order valence-corrected chi connectivity index (χ3v) is 5.97. The molecule has 4 rings (SSSR count). The molecule has 0 spiro atoms. The van der Waals surface area contributed by atoms with Gasteiger partial charge in [-0.1, -0.05) is 37.3 Å². The van der Waals surface area contributed by atoms with Crippen molar-refractivity contribution in [3.8, 4) is 0 Å². The van der Waals surface area contributed by atoms with Gasteiger partial charge in [-0.3, -0.25) is 9.67 Å². The number of piperazine rings is 1. The van der Waals surface area contributed by atoms with Crippen LogP contribution >= 0.6 is 35.5 Å². The number of hydrogen-bond acceptors (Lipinski definition) is 6. The van der Waals surface area contributed by atoms with Gasteiger partial charge in [-0.15, -0.1) is 24.0 Å². The van der Waals surface area contributed by atoms with E-state index in [1.165, 1.54) is 17.1 Å². The Hall–Kier alpha value is -2.21. The molecule has 0 amide bonds. The van der Waals surface area contributed by atoms with Gasteiger partial charge in [-0.2, -0.15) is 9.47 Å². The third kappa shape index (κ3) is 6.16. The van der Waals surface area contributed by atoms with Crippen LogP contribution in [0.25, 0.3) is 0 Å². The molecule has 10 heteroatoms. The Bertz CT molecular complexity index is 963. The van der Waals surface area contributed by atoms with E-state index >= 15 is 0 Å². The molecule has 0 aliphatic carbocycles. The van der Waals surface area contributed by atoms with E-state index in [0.29, 0.717) is 6.54 Å². The number of guanidine groups is 1. The number of benzene rings is 1. The number of nitrogens with one attached hydrogen (secondary N) is 1. The normalized spacial score (nSPS) is 14.5. The quantitative estimate of drug-likeness (QED) is 0.288. The predicted molar refractivity (Wildman–Crippen MR) is 136 cm³/mol. The maximum absolute atomic E-state index is 4.61. The van der Waals surface area contributed by atoms with Crippen molar-refractivity contribution in [1.29, 1.82) is 0 Å². The summed E-state index contributed by atoms with van der Waals surface area (Å²) in [5.41, 5.74) is 2.39. The number of aryl methyl sites for hydroxylation is 1. The molecule has 1 aromatic carbocycles. The van der Waals surface area contributed by atoms with Crippen LogP contribution in [0.4, 0.5) is 5.13 Å². The average Bonchev–Trinajstić information content (AvgIpc) is 3.45. The molecule has 8 nitrogen and oxygen atoms in total. The Kier molecular flexibility index (Phi) is 8.64. The Morgan fingerprint density at radius 1 is 1.13 bits per heavy atom. The molecule has 0 atom stereocenters. The first-order valence-electron chi connectivity index (χ1n) is 10.3. The molecule has 1 aliphatic heterocycles. The molecule has 0 unspecified atom stereocenters. The summed E-state index contributed by atoms with van der Waals surface area (Å²) in [7, 11) is 1.84. The highest BCUT2D eigenvalue weighted by molar-refractivity contribution is 14.0. The van der Waals surface area contributed by atoms with E-state index in [0.717, 1.165) is 61.6 Å². The topological polar surface area (TPSA) is 74.5 Å². The van der Waals surface area contributed by atoms with Crippen LogP contribution in [0.15, 0.2) is 47.7 Å². The summed E-state index contributed by atoms with van der Waals surface area (Å²) in [4.78, 5) is 13.7. The maximum Gasteiger partial charge on any atom is 0.205 e. The minimum absolute atomic E-state index is 0. The monoisotopic (exact) mass is 552 g/mol. The van der Waals surface area contributed by atoms with E-state index in [1.54, 1.807) is 0 Å². The molecule has 0 bridgehead atoms. The highest BCUT2D eigenvalue weighted by Gasteiger charge is 2.22. The predicted octanol–water partition coefficient (Wildman–Crippen LogP) is 2.86. The lowest BCUT2D eigenvalue weighted by molar-refractivity contribution is 0.372. The SMILES string of the molecule is CCc1nsc(N2CCN(C(=NC)NCc3cnn(Cc4ccccc4)c3)CC2)n1.I. The third-order valence-electron chi connectivity index (χ3n) is 5.16. The number of rotatable bonds is 6. The van der Waals surface area contributed by atoms with Gasteiger partial charge in [0.2, 0.25) is 5.13 Å². The summed E-state index contributed by atoms with van der Waals surface area (Å²) < 4.78 is 6.38. The first-order valence-corrected chi connectivity index (χ1v) is 11.1. The summed E-state index contributed by atoms with van der Waals surface area (Å²) in [6.45, 7) is 7.25. The van der Waals surface area contributed by atoms with Gasteiger partial charge in [0, 0.05) is 69.5 Å². The second kappa shape index (κ2) is 11.4. The van der Waals surface area contributed by atoms with Crippen molar-refractivity contribution in [2.24, 2.45) is 4.99 Å². The zero-order valence-corrected chi connectivity index (χ0v) is 21.1. The molecule has 1 saturated heterocycles. The van der Waals surface area contributed by atoms with Gasteiger partial charge in [-0.05, 0) is 5.56 Å². The van der Waals surface area contributed by atoms with E-state index in [4.69, 9.17) is 0 Å². The lowest BCUT2D eigenvalue weighted by atomic mass is 10.2. The van der Waals surface area contributed by atoms with Crippen molar-refractivity contribution in [3.63, 3.8) is 0 Å². The zero-order chi connectivity index (χ0) is 20.8. The summed E-state index contributed by atoms with van der Waals surface area (Å²) in [5.74, 6) is 1.86. The van der Waals surface area contributed by atoms with Crippen molar-refractivity contribution in [2.45, 2.75) is 26.4 Å². The average molecular weight is 552 g/mol. The van der Waals surface area contributed by atoms with Crippen LogP contribution in [0, 0.1) is 0 Å². The summed E-state index contributed by atoms with van der Waals surface area (Å²) in [5, 5.41) is 8.99. The first-order chi connectivity index (χ1) is 14.7. The number of halogens is 1. The molecule has 3 aromatic rings. The highest BCUT2D eigenvalue weighted by atomic mass is 127. The molecule has 1 N–H and O–H groups in total. The molecule has 0 radical (unpaired) electrons. The van der Waals surface area contributed by atoms with Crippen LogP contribution in [-0.2, 0) is 19.5 Å². The van der Waals surface area contributed by atoms with Crippen LogP contribution < -0.4 is 10.2 Å². The summed E-state index contributed by atoms with van der Waals surface area (Å²) in [6.07, 6.45) is 4.89. The standard InChI is InChI=1S/C21H28N8S.HI/c1-3-19-25-21(30-26-19)28-11-9-27(10-12-28)20(22-2)23-13-18-14-24-29(16-18)15-17-7-5-4-6-8-17;/h4-8,14,16H,3,9-13,15H2,1-2H3,(H,22,23);1H. The van der Waals surface area contributed by atoms with Crippen LogP contribution in [0.5, 0.6) is 0 Å². The van der Waals surface area contributed by atoms with E-state index in [2.05, 4.69) is 72.0 Å². The van der Waals surface area contributed by atoms with Gasteiger partial charge >= 0.3 is 0 Å². The second-order valence-corrected chi connectivity index (χ2v) is 7.98. The van der Waals surface area contributed by atoms with Crippen molar-refractivity contribution in [3.05, 3.63) is 59.7 Å². The second-order valence-electron chi connectivity index (χ2n) is 7.25. The van der Waals surface area contributed by atoms with E-state index < -0.39 is 0 Å². The molecular formula is C21H29IN8S. The molecule has 3 heterocycles. The molecular weight excluding hydrogens is 523 g/mol. The van der Waals surface area contributed by atoms with Crippen LogP contribution in [0.2, 0.25) is 0 Å². The number of aromatic nitrogens is 4. The van der Waals surface area contributed by atoms with Gasteiger partial charge in [0.05, 0.1) is 12.7 Å². The van der Waals surface area contributed by atoms with Gasteiger partial charge < -0.3 is 15.1 Å². The Morgan fingerprint density at radius 2 is 1.90 bits per heavy atom. The molecule has 0 saturated carbocycles. The minimum atomic E-state index is 0. The van der Waals surface area contributed by atoms with Crippen molar-refractivity contribution in [1.82, 2.24) is 29.4 Å². The molecule has 31 heavy (non-hydrogen) atoms. The zero-order valence-electron chi connectivity index (χ0n) is 17.9. The van der Waals surface area contributed by atoms with Crippen molar-refractivity contribution < 1.29 is 0 Å². The minimum Gasteiger partial charge on any atom is -0.352 e. The summed E-state index contributed by atoms with van der Waals surface area (Å²) >= 11 is 1.50. The number of aliphatic imine (C=N–C) groups is 1. The smallest absolute Gasteiger partial charge is 0.205 e. The van der Waals surface area contributed by atoms with Crippen LogP contribution in [0.1, 0.15) is 23.9 Å².